The number of aliphatic hydroxyl groups excluding tert-OH is 2. The largest absolute Gasteiger partial charge is 0.459 e. The Hall–Kier alpha value is -2.86. The maximum Gasteiger partial charge on any atom is 0.329 e. The first-order chi connectivity index (χ1) is 26.2. The van der Waals surface area contributed by atoms with Gasteiger partial charge in [-0.3, -0.25) is 14.4 Å². The van der Waals surface area contributed by atoms with Crippen LogP contribution in [0.2, 0.25) is 0 Å². The van der Waals surface area contributed by atoms with E-state index in [4.69, 9.17) is 18.9 Å². The minimum atomic E-state index is -1.11. The highest BCUT2D eigenvalue weighted by molar-refractivity contribution is 5.83. The second-order valence-electron chi connectivity index (χ2n) is 16.8. The fourth-order valence-corrected chi connectivity index (χ4v) is 9.01. The molecular formula is C44H71NO10. The molecule has 3 fully saturated rings. The molecule has 3 aliphatic rings. The second-order valence-corrected chi connectivity index (χ2v) is 16.8. The van der Waals surface area contributed by atoms with Crippen molar-refractivity contribution in [3.63, 3.8) is 0 Å². The first-order valence-corrected chi connectivity index (χ1v) is 20.7. The number of rotatable bonds is 21. The number of cyclic esters (lactones) is 1. The number of hydrogen-bond donors (Lipinski definition) is 2. The fraction of sp³-hybridized carbons (Fsp3) is 0.773. The number of hydrogen-bond acceptors (Lipinski definition) is 10. The molecule has 13 atom stereocenters. The van der Waals surface area contributed by atoms with Gasteiger partial charge in [0.25, 0.3) is 0 Å². The van der Waals surface area contributed by atoms with Gasteiger partial charge in [0, 0.05) is 39.0 Å². The van der Waals surface area contributed by atoms with Crippen LogP contribution in [0.25, 0.3) is 0 Å². The summed E-state index contributed by atoms with van der Waals surface area (Å²) < 4.78 is 23.3. The van der Waals surface area contributed by atoms with E-state index in [0.29, 0.717) is 45.1 Å². The molecule has 55 heavy (non-hydrogen) atoms. The van der Waals surface area contributed by atoms with Crippen molar-refractivity contribution in [2.75, 3.05) is 20.8 Å². The van der Waals surface area contributed by atoms with Gasteiger partial charge >= 0.3 is 11.9 Å². The third kappa shape index (κ3) is 13.4. The average Bonchev–Trinajstić information content (AvgIpc) is 3.16. The summed E-state index contributed by atoms with van der Waals surface area (Å²) in [5.41, 5.74) is 1.82. The Morgan fingerprint density at radius 2 is 1.76 bits per heavy atom. The number of Topliss-reactive ketones (excluding diaryl/α,β-unsaturated/α-hetero) is 1. The predicted molar refractivity (Wildman–Crippen MR) is 212 cm³/mol. The Labute approximate surface area is 330 Å². The molecule has 2 aliphatic heterocycles. The van der Waals surface area contributed by atoms with Crippen LogP contribution in [-0.2, 0) is 38.1 Å². The molecule has 2 N–H and O–H groups in total. The Balaban J connectivity index is 1.74. The Bertz CT molecular complexity index is 1330. The molecule has 0 bridgehead atoms. The molecule has 0 aromatic heterocycles. The van der Waals surface area contributed by atoms with Crippen LogP contribution >= 0.6 is 0 Å². The van der Waals surface area contributed by atoms with Crippen molar-refractivity contribution >= 4 is 24.1 Å². The van der Waals surface area contributed by atoms with E-state index >= 15 is 0 Å². The molecule has 1 saturated carbocycles. The summed E-state index contributed by atoms with van der Waals surface area (Å²) in [5, 5.41) is 22.0. The van der Waals surface area contributed by atoms with Crippen molar-refractivity contribution in [3.8, 4) is 0 Å². The van der Waals surface area contributed by atoms with Crippen LogP contribution < -0.4 is 0 Å². The number of allylic oxidation sites excluding steroid dienone is 4. The Morgan fingerprint density at radius 1 is 1.05 bits per heavy atom. The summed E-state index contributed by atoms with van der Waals surface area (Å²) in [6.45, 7) is 16.2. The molecule has 0 spiro atoms. The molecule has 312 valence electrons. The zero-order chi connectivity index (χ0) is 40.8. The van der Waals surface area contributed by atoms with E-state index in [1.54, 1.807) is 27.2 Å². The van der Waals surface area contributed by atoms with Gasteiger partial charge in [0.15, 0.2) is 0 Å². The van der Waals surface area contributed by atoms with Gasteiger partial charge in [-0.05, 0) is 108 Å². The maximum absolute atomic E-state index is 13.9. The predicted octanol–water partition coefficient (Wildman–Crippen LogP) is 6.54. The van der Waals surface area contributed by atoms with Gasteiger partial charge in [-0.1, -0.05) is 51.5 Å². The fourth-order valence-electron chi connectivity index (χ4n) is 9.01. The molecule has 0 radical (unpaired) electrons. The van der Waals surface area contributed by atoms with Crippen LogP contribution in [0.3, 0.4) is 0 Å². The molecule has 2 heterocycles. The van der Waals surface area contributed by atoms with Crippen LogP contribution in [0.1, 0.15) is 119 Å². The monoisotopic (exact) mass is 774 g/mol. The molecule has 11 heteroatoms. The number of esters is 2. The molecule has 3 rings (SSSR count). The lowest BCUT2D eigenvalue weighted by Gasteiger charge is -2.38. The SMILES string of the molecule is C=CC[C@H](/C=C(\C)C[C@H](C)C[C@H](CC)[C@H]1OC(=O)[C@H](C)C[C@@H]1OC)C(=O)C[C@H](O)[C@@H](C)[C@H](OC(=O)[C@@H]1CCCCN1C=O)/C(C)=C/[C@@H]1CC[C@@H](O)[C@H](OC)C1. The zero-order valence-electron chi connectivity index (χ0n) is 34.8. The summed E-state index contributed by atoms with van der Waals surface area (Å²) in [5.74, 6) is -1.61. The zero-order valence-corrected chi connectivity index (χ0v) is 34.8. The molecule has 1 aliphatic carbocycles. The van der Waals surface area contributed by atoms with E-state index in [2.05, 4.69) is 20.4 Å². The number of carbonyl (C=O) groups is 4. The third-order valence-electron chi connectivity index (χ3n) is 12.3. The number of aliphatic hydroxyl groups is 2. The second kappa shape index (κ2) is 22.8. The van der Waals surface area contributed by atoms with E-state index in [1.165, 1.54) is 4.90 Å². The minimum absolute atomic E-state index is 0.0737. The van der Waals surface area contributed by atoms with Gasteiger partial charge in [0.2, 0.25) is 6.41 Å². The molecule has 0 unspecified atom stereocenters. The van der Waals surface area contributed by atoms with E-state index in [0.717, 1.165) is 49.7 Å². The van der Waals surface area contributed by atoms with Crippen molar-refractivity contribution in [1.29, 1.82) is 0 Å². The number of nitrogens with zero attached hydrogens (tertiary/aromatic N) is 1. The maximum atomic E-state index is 13.9. The number of carbonyl (C=O) groups excluding carboxylic acids is 4. The van der Waals surface area contributed by atoms with Crippen LogP contribution in [-0.4, -0.2) is 103 Å². The highest BCUT2D eigenvalue weighted by Gasteiger charge is 2.40. The molecule has 0 aromatic carbocycles. The molecule has 11 nitrogen and oxygen atoms in total. The van der Waals surface area contributed by atoms with Crippen molar-refractivity contribution in [2.24, 2.45) is 35.5 Å². The number of methoxy groups -OCH3 is 2. The molecule has 2 saturated heterocycles. The van der Waals surface area contributed by atoms with Crippen molar-refractivity contribution in [3.05, 3.63) is 36.0 Å². The standard InChI is InChI=1S/C44H71NO10/c1-10-14-34(21-28(4)19-27(3)20-33(11-2)42-40(53-9)23-30(6)43(50)55-42)38(49)25-37(48)31(7)41(54-44(51)35-15-12-13-18-45(35)26-46)29(5)22-32-16-17-36(47)39(24-32)52-8/h10,21-22,26-27,30-37,39-42,47-48H,1,11-20,23-25H2,2-9H3/b28-21+,29-22+/t27-,30+,31+,32-,33-,34+,35-,36+,37-,39+,40-,41+,42+/m0/s1. The summed E-state index contributed by atoms with van der Waals surface area (Å²) in [6.07, 6.45) is 10.7. The Kier molecular flexibility index (Phi) is 19.3. The van der Waals surface area contributed by atoms with Crippen LogP contribution in [0, 0.1) is 35.5 Å². The van der Waals surface area contributed by atoms with Gasteiger partial charge in [-0.25, -0.2) is 4.79 Å². The smallest absolute Gasteiger partial charge is 0.329 e. The van der Waals surface area contributed by atoms with Gasteiger partial charge in [0.1, 0.15) is 24.0 Å². The highest BCUT2D eigenvalue weighted by Crippen LogP contribution is 2.35. The van der Waals surface area contributed by atoms with Gasteiger partial charge in [-0.15, -0.1) is 6.58 Å². The quantitative estimate of drug-likeness (QED) is 0.0749. The topological polar surface area (TPSA) is 149 Å². The first-order valence-electron chi connectivity index (χ1n) is 20.7. The number of ether oxygens (including phenoxy) is 4. The number of ketones is 1. The molecular weight excluding hydrogens is 702 g/mol. The van der Waals surface area contributed by atoms with E-state index in [1.807, 2.05) is 32.9 Å². The average molecular weight is 774 g/mol. The highest BCUT2D eigenvalue weighted by atomic mass is 16.6. The molecule has 0 aromatic rings. The summed E-state index contributed by atoms with van der Waals surface area (Å²) >= 11 is 0. The lowest BCUT2D eigenvalue weighted by molar-refractivity contribution is -0.180. The Morgan fingerprint density at radius 3 is 2.40 bits per heavy atom. The van der Waals surface area contributed by atoms with Crippen LogP contribution in [0.4, 0.5) is 0 Å². The van der Waals surface area contributed by atoms with Crippen LogP contribution in [0.5, 0.6) is 0 Å². The minimum Gasteiger partial charge on any atom is -0.459 e. The van der Waals surface area contributed by atoms with E-state index in [-0.39, 0.29) is 60.2 Å². The number of likely N-dealkylation sites (tertiary alicyclic amines) is 1. The normalized spacial score (nSPS) is 30.0. The lowest BCUT2D eigenvalue weighted by Crippen LogP contribution is -2.47. The summed E-state index contributed by atoms with van der Waals surface area (Å²) in [7, 11) is 3.26. The van der Waals surface area contributed by atoms with E-state index < -0.39 is 42.2 Å². The third-order valence-corrected chi connectivity index (χ3v) is 12.3. The van der Waals surface area contributed by atoms with Gasteiger partial charge in [0.05, 0.1) is 30.3 Å². The van der Waals surface area contributed by atoms with Crippen molar-refractivity contribution in [2.45, 2.75) is 161 Å². The lowest BCUT2D eigenvalue weighted by atomic mass is 9.80. The van der Waals surface area contributed by atoms with E-state index in [9.17, 15) is 29.4 Å². The summed E-state index contributed by atoms with van der Waals surface area (Å²) in [6, 6.07) is -0.696. The van der Waals surface area contributed by atoms with Crippen LogP contribution in [0.15, 0.2) is 36.0 Å². The number of amides is 1. The van der Waals surface area contributed by atoms with Crippen molar-refractivity contribution < 1.29 is 48.3 Å². The van der Waals surface area contributed by atoms with Crippen molar-refractivity contribution in [1.82, 2.24) is 4.90 Å². The number of piperidine rings is 1. The van der Waals surface area contributed by atoms with Gasteiger partial charge in [-0.2, -0.15) is 0 Å². The first kappa shape index (κ1) is 46.5. The summed E-state index contributed by atoms with van der Waals surface area (Å²) in [4.78, 5) is 53.2. The molecule has 1 amide bonds. The van der Waals surface area contributed by atoms with Gasteiger partial charge < -0.3 is 34.1 Å².